The van der Waals surface area contributed by atoms with Gasteiger partial charge in [-0.2, -0.15) is 0 Å². The maximum atomic E-state index is 6.02. The molecule has 2 heterocycles. The second kappa shape index (κ2) is 4.19. The van der Waals surface area contributed by atoms with Gasteiger partial charge in [-0.1, -0.05) is 13.8 Å². The molecule has 0 saturated heterocycles. The molecule has 3 nitrogen and oxygen atoms in total. The largest absolute Gasteiger partial charge is 0.383 e. The molecule has 0 bridgehead atoms. The van der Waals surface area contributed by atoms with E-state index in [9.17, 15) is 0 Å². The smallest absolute Gasteiger partial charge is 0.135 e. The van der Waals surface area contributed by atoms with Crippen molar-refractivity contribution in [1.82, 2.24) is 9.97 Å². The number of nitrogen functional groups attached to an aromatic ring is 1. The summed E-state index contributed by atoms with van der Waals surface area (Å²) in [7, 11) is 0. The Hall–Kier alpha value is -1.16. The van der Waals surface area contributed by atoms with E-state index >= 15 is 0 Å². The molecule has 1 aliphatic carbocycles. The van der Waals surface area contributed by atoms with Gasteiger partial charge in [0.2, 0.25) is 0 Å². The Kier molecular flexibility index (Phi) is 2.77. The second-order valence-corrected chi connectivity index (χ2v) is 6.94. The van der Waals surface area contributed by atoms with E-state index in [4.69, 9.17) is 10.7 Å². The van der Waals surface area contributed by atoms with Gasteiger partial charge in [0.25, 0.3) is 0 Å². The van der Waals surface area contributed by atoms with Gasteiger partial charge in [0, 0.05) is 5.92 Å². The monoisotopic (exact) mass is 261 g/mol. The summed E-state index contributed by atoms with van der Waals surface area (Å²) in [5.74, 6) is 2.09. The van der Waals surface area contributed by atoms with Gasteiger partial charge in [-0.05, 0) is 42.5 Å². The van der Waals surface area contributed by atoms with Crippen molar-refractivity contribution in [3.05, 3.63) is 17.3 Å². The zero-order valence-corrected chi connectivity index (χ0v) is 11.8. The molecule has 2 aromatic heterocycles. The molecule has 0 radical (unpaired) electrons. The molecule has 0 aromatic carbocycles. The molecule has 0 spiro atoms. The molecular weight excluding hydrogens is 242 g/mol. The number of thiophene rings is 1. The van der Waals surface area contributed by atoms with E-state index < -0.39 is 0 Å². The fourth-order valence-corrected chi connectivity index (χ4v) is 3.51. The Morgan fingerprint density at radius 2 is 2.00 bits per heavy atom. The predicted octanol–water partition coefficient (Wildman–Crippen LogP) is 3.96. The van der Waals surface area contributed by atoms with Crippen LogP contribution in [0.25, 0.3) is 10.2 Å². The van der Waals surface area contributed by atoms with Crippen LogP contribution in [-0.4, -0.2) is 9.97 Å². The lowest BCUT2D eigenvalue weighted by atomic mass is 9.73. The molecule has 0 aliphatic heterocycles. The fourth-order valence-electron chi connectivity index (χ4n) is 2.74. The van der Waals surface area contributed by atoms with Crippen LogP contribution in [0.1, 0.15) is 51.3 Å². The number of rotatable bonds is 1. The molecule has 2 N–H and O–H groups in total. The Morgan fingerprint density at radius 1 is 1.28 bits per heavy atom. The van der Waals surface area contributed by atoms with Crippen molar-refractivity contribution in [2.45, 2.75) is 45.4 Å². The Morgan fingerprint density at radius 3 is 2.72 bits per heavy atom. The first-order chi connectivity index (χ1) is 8.55. The first-order valence-corrected chi connectivity index (χ1v) is 7.44. The summed E-state index contributed by atoms with van der Waals surface area (Å²) in [5.41, 5.74) is 6.50. The van der Waals surface area contributed by atoms with Crippen molar-refractivity contribution in [3.63, 3.8) is 0 Å². The summed E-state index contributed by atoms with van der Waals surface area (Å²) < 4.78 is 0. The highest BCUT2D eigenvalue weighted by Gasteiger charge is 2.29. The molecule has 18 heavy (non-hydrogen) atoms. The molecule has 3 rings (SSSR count). The Balaban J connectivity index is 1.91. The van der Waals surface area contributed by atoms with Crippen LogP contribution in [0.2, 0.25) is 0 Å². The van der Waals surface area contributed by atoms with E-state index in [0.717, 1.165) is 16.0 Å². The van der Waals surface area contributed by atoms with Crippen LogP contribution in [0.3, 0.4) is 0 Å². The van der Waals surface area contributed by atoms with Gasteiger partial charge < -0.3 is 5.73 Å². The van der Waals surface area contributed by atoms with E-state index in [0.29, 0.717) is 17.2 Å². The molecule has 1 saturated carbocycles. The number of hydrogen-bond acceptors (Lipinski definition) is 4. The zero-order valence-electron chi connectivity index (χ0n) is 10.9. The normalized spacial score (nSPS) is 20.3. The number of anilines is 1. The summed E-state index contributed by atoms with van der Waals surface area (Å²) in [6.45, 7) is 4.70. The second-order valence-electron chi connectivity index (χ2n) is 6.04. The number of nitrogens with two attached hydrogens (primary N) is 1. The number of hydrogen-bond donors (Lipinski definition) is 1. The highest BCUT2D eigenvalue weighted by atomic mass is 32.1. The molecule has 1 fully saturated rings. The van der Waals surface area contributed by atoms with E-state index in [1.54, 1.807) is 11.3 Å². The quantitative estimate of drug-likeness (QED) is 0.845. The lowest BCUT2D eigenvalue weighted by Gasteiger charge is -2.33. The zero-order chi connectivity index (χ0) is 12.8. The fraction of sp³-hybridized carbons (Fsp3) is 0.571. The van der Waals surface area contributed by atoms with Gasteiger partial charge in [0.05, 0.1) is 5.39 Å². The molecule has 0 unspecified atom stereocenters. The lowest BCUT2D eigenvalue weighted by Crippen LogP contribution is -2.21. The topological polar surface area (TPSA) is 51.8 Å². The number of nitrogens with zero attached hydrogens (tertiary/aromatic N) is 2. The number of aromatic nitrogens is 2. The van der Waals surface area contributed by atoms with Crippen LogP contribution < -0.4 is 5.73 Å². The first kappa shape index (κ1) is 11.9. The first-order valence-electron chi connectivity index (χ1n) is 6.56. The van der Waals surface area contributed by atoms with Gasteiger partial charge >= 0.3 is 0 Å². The summed E-state index contributed by atoms with van der Waals surface area (Å²) in [6.07, 6.45) is 4.87. The highest BCUT2D eigenvalue weighted by molar-refractivity contribution is 7.16. The van der Waals surface area contributed by atoms with Crippen LogP contribution >= 0.6 is 11.3 Å². The third-order valence-electron chi connectivity index (χ3n) is 4.08. The van der Waals surface area contributed by atoms with Gasteiger partial charge in [-0.25, -0.2) is 9.97 Å². The van der Waals surface area contributed by atoms with Crippen LogP contribution in [0.5, 0.6) is 0 Å². The predicted molar refractivity (Wildman–Crippen MR) is 76.8 cm³/mol. The molecule has 0 atom stereocenters. The van der Waals surface area contributed by atoms with Gasteiger partial charge in [-0.15, -0.1) is 11.3 Å². The Bertz CT molecular complexity index is 563. The van der Waals surface area contributed by atoms with Crippen LogP contribution in [0.4, 0.5) is 5.82 Å². The van der Waals surface area contributed by atoms with E-state index in [1.165, 1.54) is 25.7 Å². The number of fused-ring (bicyclic) bond motifs is 1. The van der Waals surface area contributed by atoms with Crippen molar-refractivity contribution in [1.29, 1.82) is 0 Å². The summed E-state index contributed by atoms with van der Waals surface area (Å²) in [4.78, 5) is 10.2. The minimum atomic E-state index is 0.481. The van der Waals surface area contributed by atoms with Gasteiger partial charge in [0.1, 0.15) is 16.5 Å². The Labute approximate surface area is 111 Å². The van der Waals surface area contributed by atoms with E-state index in [-0.39, 0.29) is 0 Å². The SMILES string of the molecule is CC1(C)CCC(c2nc(N)c3ccsc3n2)CC1. The van der Waals surface area contributed by atoms with Gasteiger partial charge in [0.15, 0.2) is 0 Å². The average molecular weight is 261 g/mol. The maximum Gasteiger partial charge on any atom is 0.135 e. The molecule has 1 aliphatic rings. The van der Waals surface area contributed by atoms with Crippen LogP contribution in [-0.2, 0) is 0 Å². The molecule has 2 aromatic rings. The van der Waals surface area contributed by atoms with Crippen molar-refractivity contribution in [2.75, 3.05) is 5.73 Å². The molecule has 0 amide bonds. The van der Waals surface area contributed by atoms with Crippen molar-refractivity contribution < 1.29 is 0 Å². The standard InChI is InChI=1S/C14H19N3S/c1-14(2)6-3-9(4-7-14)12-16-11(15)10-5-8-18-13(10)17-12/h5,8-9H,3-4,6-7H2,1-2H3,(H2,15,16,17). The van der Waals surface area contributed by atoms with E-state index in [2.05, 4.69) is 18.8 Å². The van der Waals surface area contributed by atoms with Crippen molar-refractivity contribution in [3.8, 4) is 0 Å². The average Bonchev–Trinajstić information content (AvgIpc) is 2.77. The van der Waals surface area contributed by atoms with Crippen molar-refractivity contribution in [2.24, 2.45) is 5.41 Å². The molecule has 4 heteroatoms. The minimum Gasteiger partial charge on any atom is -0.383 e. The minimum absolute atomic E-state index is 0.481. The summed E-state index contributed by atoms with van der Waals surface area (Å²) in [6, 6.07) is 2.00. The third-order valence-corrected chi connectivity index (χ3v) is 4.88. The summed E-state index contributed by atoms with van der Waals surface area (Å²) in [5, 5.41) is 3.03. The van der Waals surface area contributed by atoms with Crippen molar-refractivity contribution >= 4 is 27.4 Å². The van der Waals surface area contributed by atoms with Crippen LogP contribution in [0.15, 0.2) is 11.4 Å². The molecule has 96 valence electrons. The third kappa shape index (κ3) is 2.09. The van der Waals surface area contributed by atoms with Gasteiger partial charge in [-0.3, -0.25) is 0 Å². The highest BCUT2D eigenvalue weighted by Crippen LogP contribution is 2.42. The maximum absolute atomic E-state index is 6.02. The lowest BCUT2D eigenvalue weighted by molar-refractivity contribution is 0.221. The summed E-state index contributed by atoms with van der Waals surface area (Å²) >= 11 is 1.65. The van der Waals surface area contributed by atoms with Crippen LogP contribution in [0, 0.1) is 5.41 Å². The molecular formula is C14H19N3S. The van der Waals surface area contributed by atoms with E-state index in [1.807, 2.05) is 11.4 Å².